The molecule has 1 aliphatic carbocycles. The van der Waals surface area contributed by atoms with Crippen molar-refractivity contribution in [3.05, 3.63) is 28.5 Å². The Morgan fingerprint density at radius 3 is 2.65 bits per heavy atom. The quantitative estimate of drug-likeness (QED) is 0.814. The van der Waals surface area contributed by atoms with Crippen LogP contribution in [-0.4, -0.2) is 50.6 Å². The molecule has 0 aromatic heterocycles. The van der Waals surface area contributed by atoms with Crippen molar-refractivity contribution in [2.45, 2.75) is 25.2 Å². The van der Waals surface area contributed by atoms with Gasteiger partial charge in [-0.15, -0.1) is 0 Å². The Kier molecular flexibility index (Phi) is 4.62. The van der Waals surface area contributed by atoms with Gasteiger partial charge in [0.1, 0.15) is 10.7 Å². The number of hydrogen-bond donors (Lipinski definition) is 1. The second-order valence-corrected chi connectivity index (χ2v) is 10.2. The van der Waals surface area contributed by atoms with Crippen molar-refractivity contribution in [1.82, 2.24) is 4.31 Å². The van der Waals surface area contributed by atoms with Crippen LogP contribution in [0.15, 0.2) is 17.0 Å². The summed E-state index contributed by atoms with van der Waals surface area (Å²) in [5.41, 5.74) is -0.766. The van der Waals surface area contributed by atoms with E-state index in [1.54, 1.807) is 7.11 Å². The molecule has 1 N–H and O–H groups in total. The first-order valence-corrected chi connectivity index (χ1v) is 9.98. The lowest BCUT2D eigenvalue weighted by Crippen LogP contribution is -2.55. The molecule has 0 unspecified atom stereocenters. The molecule has 144 valence electrons. The zero-order valence-electron chi connectivity index (χ0n) is 14.8. The molecule has 0 spiro atoms. The van der Waals surface area contributed by atoms with Crippen molar-refractivity contribution < 1.29 is 27.4 Å². The second-order valence-electron chi connectivity index (χ2n) is 7.88. The molecule has 2 aliphatic rings. The van der Waals surface area contributed by atoms with Crippen LogP contribution in [0.25, 0.3) is 0 Å². The van der Waals surface area contributed by atoms with Gasteiger partial charge in [0.05, 0.1) is 17.2 Å². The number of carbonyl (C=O) groups is 1. The van der Waals surface area contributed by atoms with E-state index in [4.69, 9.17) is 21.4 Å². The largest absolute Gasteiger partial charge is 0.478 e. The predicted octanol–water partition coefficient (Wildman–Crippen LogP) is 2.86. The van der Waals surface area contributed by atoms with Crippen molar-refractivity contribution in [3.8, 4) is 0 Å². The number of rotatable bonds is 5. The Labute approximate surface area is 156 Å². The van der Waals surface area contributed by atoms with Crippen LogP contribution < -0.4 is 0 Å². The molecule has 3 rings (SSSR count). The van der Waals surface area contributed by atoms with Gasteiger partial charge in [0, 0.05) is 25.6 Å². The van der Waals surface area contributed by atoms with Gasteiger partial charge in [0.25, 0.3) is 0 Å². The Morgan fingerprint density at radius 1 is 1.46 bits per heavy atom. The number of nitrogens with zero attached hydrogens (tertiary/aromatic N) is 1. The average molecular weight is 406 g/mol. The van der Waals surface area contributed by atoms with Gasteiger partial charge in [0.2, 0.25) is 10.0 Å². The van der Waals surface area contributed by atoms with Crippen molar-refractivity contribution >= 4 is 27.6 Å². The minimum absolute atomic E-state index is 0.0342. The van der Waals surface area contributed by atoms with E-state index in [2.05, 4.69) is 13.8 Å². The van der Waals surface area contributed by atoms with Gasteiger partial charge < -0.3 is 9.84 Å². The molecule has 9 heteroatoms. The molecule has 2 fully saturated rings. The summed E-state index contributed by atoms with van der Waals surface area (Å²) in [5, 5.41) is 8.81. The molecule has 1 aromatic carbocycles. The van der Waals surface area contributed by atoms with Crippen LogP contribution in [0.4, 0.5) is 4.39 Å². The fraction of sp³-hybridized carbons (Fsp3) is 0.588. The van der Waals surface area contributed by atoms with Gasteiger partial charge in [0.15, 0.2) is 0 Å². The number of benzene rings is 1. The summed E-state index contributed by atoms with van der Waals surface area (Å²) in [6, 6.07) is 1.53. The number of sulfonamides is 1. The molecule has 0 amide bonds. The lowest BCUT2D eigenvalue weighted by Gasteiger charge is -2.56. The number of carboxylic acids is 1. The smallest absolute Gasteiger partial charge is 0.337 e. The van der Waals surface area contributed by atoms with E-state index in [1.807, 2.05) is 0 Å². The summed E-state index contributed by atoms with van der Waals surface area (Å²) in [6.45, 7) is 5.06. The second kappa shape index (κ2) is 6.15. The Balaban J connectivity index is 2.00. The highest BCUT2D eigenvalue weighted by molar-refractivity contribution is 7.89. The summed E-state index contributed by atoms with van der Waals surface area (Å²) >= 11 is 5.72. The van der Waals surface area contributed by atoms with Crippen molar-refractivity contribution in [2.75, 3.05) is 26.8 Å². The number of halogens is 2. The predicted molar refractivity (Wildman–Crippen MR) is 93.3 cm³/mol. The van der Waals surface area contributed by atoms with E-state index in [9.17, 15) is 17.6 Å². The first-order valence-electron chi connectivity index (χ1n) is 8.16. The third-order valence-corrected chi connectivity index (χ3v) is 7.81. The molecular weight excluding hydrogens is 385 g/mol. The zero-order valence-corrected chi connectivity index (χ0v) is 16.3. The van der Waals surface area contributed by atoms with Gasteiger partial charge >= 0.3 is 5.97 Å². The fourth-order valence-electron chi connectivity index (χ4n) is 4.78. The molecule has 1 saturated heterocycles. The summed E-state index contributed by atoms with van der Waals surface area (Å²) in [6.07, 6.45) is 0.813. The SMILES string of the molecule is COC[C@@]12CN(S(=O)(=O)c3cc(C(=O)O)c(Cl)cc3F)C[C@@H]1C(C)(C)C2. The van der Waals surface area contributed by atoms with Gasteiger partial charge in [-0.3, -0.25) is 0 Å². The molecule has 0 bridgehead atoms. The molecule has 2 atom stereocenters. The first-order chi connectivity index (χ1) is 11.9. The molecule has 6 nitrogen and oxygen atoms in total. The van der Waals surface area contributed by atoms with Crippen LogP contribution in [0.2, 0.25) is 5.02 Å². The highest BCUT2D eigenvalue weighted by Gasteiger charge is 2.64. The molecule has 1 aromatic rings. The summed E-state index contributed by atoms with van der Waals surface area (Å²) in [7, 11) is -2.62. The molecule has 0 radical (unpaired) electrons. The van der Waals surface area contributed by atoms with Crippen LogP contribution in [-0.2, 0) is 14.8 Å². The Morgan fingerprint density at radius 2 is 2.12 bits per heavy atom. The molecule has 1 saturated carbocycles. The van der Waals surface area contributed by atoms with Crippen molar-refractivity contribution in [3.63, 3.8) is 0 Å². The maximum absolute atomic E-state index is 14.3. The maximum Gasteiger partial charge on any atom is 0.337 e. The van der Waals surface area contributed by atoms with Crippen LogP contribution in [0.3, 0.4) is 0 Å². The number of hydrogen-bond acceptors (Lipinski definition) is 4. The third-order valence-electron chi connectivity index (χ3n) is 5.67. The van der Waals surface area contributed by atoms with E-state index in [0.29, 0.717) is 6.61 Å². The van der Waals surface area contributed by atoms with E-state index >= 15 is 0 Å². The minimum atomic E-state index is -4.19. The van der Waals surface area contributed by atoms with Gasteiger partial charge in [-0.2, -0.15) is 4.31 Å². The van der Waals surface area contributed by atoms with Crippen LogP contribution in [0.5, 0.6) is 0 Å². The van der Waals surface area contributed by atoms with Gasteiger partial charge in [-0.25, -0.2) is 17.6 Å². The van der Waals surface area contributed by atoms with Gasteiger partial charge in [-0.05, 0) is 29.9 Å². The highest BCUT2D eigenvalue weighted by Crippen LogP contribution is 2.63. The number of aromatic carboxylic acids is 1. The number of carboxylic acid groups (broad SMARTS) is 1. The summed E-state index contributed by atoms with van der Waals surface area (Å²) < 4.78 is 46.9. The third kappa shape index (κ3) is 2.83. The monoisotopic (exact) mass is 405 g/mol. The van der Waals surface area contributed by atoms with E-state index < -0.39 is 32.3 Å². The number of ether oxygens (including phenoxy) is 1. The van der Waals surface area contributed by atoms with Crippen LogP contribution >= 0.6 is 11.6 Å². The summed E-state index contributed by atoms with van der Waals surface area (Å²) in [4.78, 5) is 10.6. The number of methoxy groups -OCH3 is 1. The summed E-state index contributed by atoms with van der Waals surface area (Å²) in [5.74, 6) is -2.37. The van der Waals surface area contributed by atoms with Crippen molar-refractivity contribution in [1.29, 1.82) is 0 Å². The normalized spacial score (nSPS) is 27.8. The van der Waals surface area contributed by atoms with Crippen LogP contribution in [0.1, 0.15) is 30.6 Å². The fourth-order valence-corrected chi connectivity index (χ4v) is 6.63. The van der Waals surface area contributed by atoms with Crippen LogP contribution in [0, 0.1) is 22.6 Å². The molecular formula is C17H21ClFNO5S. The first kappa shape index (κ1) is 19.5. The van der Waals surface area contributed by atoms with E-state index in [1.165, 1.54) is 4.31 Å². The standard InChI is InChI=1S/C17H21ClFNO5S/c1-16(2)7-17(9-25-3)8-20(6-14(16)17)26(23,24)13-4-10(15(21)22)11(18)5-12(13)19/h4-5,14H,6-9H2,1-3H3,(H,21,22)/t14-,17-/m1/s1. The van der Waals surface area contributed by atoms with E-state index in [0.717, 1.165) is 18.6 Å². The molecule has 1 aliphatic heterocycles. The van der Waals surface area contributed by atoms with E-state index in [-0.39, 0.29) is 34.9 Å². The maximum atomic E-state index is 14.3. The number of fused-ring (bicyclic) bond motifs is 1. The average Bonchev–Trinajstić information content (AvgIpc) is 2.82. The minimum Gasteiger partial charge on any atom is -0.478 e. The van der Waals surface area contributed by atoms with Crippen molar-refractivity contribution in [2.24, 2.45) is 16.7 Å². The Bertz CT molecular complexity index is 872. The Hall–Kier alpha value is -1.22. The molecule has 1 heterocycles. The molecule has 26 heavy (non-hydrogen) atoms. The highest BCUT2D eigenvalue weighted by atomic mass is 35.5. The zero-order chi connectivity index (χ0) is 19.5. The lowest BCUT2D eigenvalue weighted by molar-refractivity contribution is -0.106. The lowest BCUT2D eigenvalue weighted by atomic mass is 9.48. The topological polar surface area (TPSA) is 83.9 Å². The van der Waals surface area contributed by atoms with Gasteiger partial charge in [-0.1, -0.05) is 25.4 Å².